The van der Waals surface area contributed by atoms with Crippen LogP contribution < -0.4 is 0 Å². The lowest BCUT2D eigenvalue weighted by Gasteiger charge is -2.14. The fourth-order valence-electron chi connectivity index (χ4n) is 2.20. The Hall–Kier alpha value is -1.75. The van der Waals surface area contributed by atoms with E-state index in [0.29, 0.717) is 12.1 Å². The number of aliphatic hydroxyl groups is 1. The monoisotopic (exact) mass is 260 g/mol. The van der Waals surface area contributed by atoms with Crippen LogP contribution in [0.15, 0.2) is 18.6 Å². The highest BCUT2D eigenvalue weighted by Crippen LogP contribution is 2.20. The number of hydrogen-bond donors (Lipinski definition) is 1. The predicted molar refractivity (Wildman–Crippen MR) is 72.8 cm³/mol. The molecule has 1 atom stereocenters. The van der Waals surface area contributed by atoms with Crippen LogP contribution in [0.25, 0.3) is 0 Å². The van der Waals surface area contributed by atoms with Gasteiger partial charge in [-0.2, -0.15) is 5.10 Å². The number of aromatic nitrogens is 4. The van der Waals surface area contributed by atoms with Gasteiger partial charge < -0.3 is 5.11 Å². The van der Waals surface area contributed by atoms with E-state index in [4.69, 9.17) is 0 Å². The number of pyridine rings is 1. The highest BCUT2D eigenvalue weighted by molar-refractivity contribution is 5.25. The van der Waals surface area contributed by atoms with Crippen LogP contribution in [0.2, 0.25) is 0 Å². The Morgan fingerprint density at radius 2 is 2.00 bits per heavy atom. The number of aliphatic hydroxyl groups excluding tert-OH is 1. The van der Waals surface area contributed by atoms with Gasteiger partial charge in [0.1, 0.15) is 18.3 Å². The summed E-state index contributed by atoms with van der Waals surface area (Å²) >= 11 is 0. The van der Waals surface area contributed by atoms with Crippen molar-refractivity contribution in [1.82, 2.24) is 19.7 Å². The molecule has 0 aliphatic heterocycles. The maximum absolute atomic E-state index is 10.3. The maximum atomic E-state index is 10.3. The van der Waals surface area contributed by atoms with Crippen LogP contribution in [0.4, 0.5) is 0 Å². The molecule has 0 aliphatic rings. The largest absolute Gasteiger partial charge is 0.386 e. The van der Waals surface area contributed by atoms with Crippen LogP contribution in [-0.4, -0.2) is 24.9 Å². The van der Waals surface area contributed by atoms with Gasteiger partial charge in [0.25, 0.3) is 0 Å². The molecule has 102 valence electrons. The van der Waals surface area contributed by atoms with E-state index in [9.17, 15) is 5.11 Å². The molecule has 0 radical (unpaired) electrons. The van der Waals surface area contributed by atoms with Gasteiger partial charge in [0.05, 0.1) is 5.69 Å². The minimum Gasteiger partial charge on any atom is -0.386 e. The zero-order valence-electron chi connectivity index (χ0n) is 11.8. The molecule has 0 saturated carbocycles. The fourth-order valence-corrected chi connectivity index (χ4v) is 2.20. The molecule has 5 heteroatoms. The van der Waals surface area contributed by atoms with E-state index >= 15 is 0 Å². The van der Waals surface area contributed by atoms with E-state index in [1.165, 1.54) is 6.33 Å². The Morgan fingerprint density at radius 3 is 2.63 bits per heavy atom. The van der Waals surface area contributed by atoms with Crippen molar-refractivity contribution in [1.29, 1.82) is 0 Å². The topological polar surface area (TPSA) is 63.8 Å². The summed E-state index contributed by atoms with van der Waals surface area (Å²) in [6.07, 6.45) is 3.08. The molecule has 0 fully saturated rings. The smallest absolute Gasteiger partial charge is 0.138 e. The lowest BCUT2D eigenvalue weighted by molar-refractivity contribution is 0.168. The summed E-state index contributed by atoms with van der Waals surface area (Å²) in [5.74, 6) is 0.782. The first-order chi connectivity index (χ1) is 8.99. The van der Waals surface area contributed by atoms with Gasteiger partial charge in [-0.3, -0.25) is 4.98 Å². The molecule has 0 aliphatic carbocycles. The molecular formula is C14H20N4O. The van der Waals surface area contributed by atoms with Gasteiger partial charge in [-0.05, 0) is 38.8 Å². The minimum absolute atomic E-state index is 0.233. The lowest BCUT2D eigenvalue weighted by atomic mass is 10.1. The van der Waals surface area contributed by atoms with Crippen LogP contribution >= 0.6 is 0 Å². The third-order valence-electron chi connectivity index (χ3n) is 3.08. The summed E-state index contributed by atoms with van der Waals surface area (Å²) in [6, 6.07) is 2.26. The standard InChI is InChI=1S/C14H20N4O/c1-9(2)18-13(16-8-17-18)6-12(19)14-11(4)5-10(3)7-15-14/h5,7-9,12,19H,6H2,1-4H3. The molecule has 0 amide bonds. The van der Waals surface area contributed by atoms with Gasteiger partial charge in [-0.25, -0.2) is 9.67 Å². The molecule has 1 unspecified atom stereocenters. The zero-order chi connectivity index (χ0) is 14.0. The van der Waals surface area contributed by atoms with Crippen molar-refractivity contribution in [3.8, 4) is 0 Å². The molecule has 0 bridgehead atoms. The quantitative estimate of drug-likeness (QED) is 0.914. The number of nitrogens with zero attached hydrogens (tertiary/aromatic N) is 4. The van der Waals surface area contributed by atoms with Crippen molar-refractivity contribution < 1.29 is 5.11 Å². The average molecular weight is 260 g/mol. The normalized spacial score (nSPS) is 12.9. The van der Waals surface area contributed by atoms with Crippen LogP contribution in [0.5, 0.6) is 0 Å². The molecule has 0 spiro atoms. The number of aryl methyl sites for hydroxylation is 2. The van der Waals surface area contributed by atoms with E-state index in [1.807, 2.05) is 38.4 Å². The van der Waals surface area contributed by atoms with E-state index in [1.54, 1.807) is 6.20 Å². The van der Waals surface area contributed by atoms with Gasteiger partial charge >= 0.3 is 0 Å². The Kier molecular flexibility index (Phi) is 3.95. The number of hydrogen-bond acceptors (Lipinski definition) is 4. The highest BCUT2D eigenvalue weighted by Gasteiger charge is 2.17. The second kappa shape index (κ2) is 5.48. The van der Waals surface area contributed by atoms with Crippen molar-refractivity contribution in [2.24, 2.45) is 0 Å². The molecule has 2 aromatic rings. The van der Waals surface area contributed by atoms with E-state index in [0.717, 1.165) is 17.0 Å². The molecule has 5 nitrogen and oxygen atoms in total. The second-order valence-corrected chi connectivity index (χ2v) is 5.15. The van der Waals surface area contributed by atoms with Crippen LogP contribution in [0, 0.1) is 13.8 Å². The van der Waals surface area contributed by atoms with E-state index in [2.05, 4.69) is 15.1 Å². The SMILES string of the molecule is Cc1cnc(C(O)Cc2ncnn2C(C)C)c(C)c1. The summed E-state index contributed by atoms with van der Waals surface area (Å²) < 4.78 is 1.83. The summed E-state index contributed by atoms with van der Waals surface area (Å²) in [6.45, 7) is 8.04. The first-order valence-electron chi connectivity index (χ1n) is 6.48. The predicted octanol–water partition coefficient (Wildman–Crippen LogP) is 2.15. The lowest BCUT2D eigenvalue weighted by Crippen LogP contribution is -2.13. The van der Waals surface area contributed by atoms with Crippen molar-refractivity contribution in [3.63, 3.8) is 0 Å². The fraction of sp³-hybridized carbons (Fsp3) is 0.500. The summed E-state index contributed by atoms with van der Waals surface area (Å²) in [5.41, 5.74) is 2.81. The maximum Gasteiger partial charge on any atom is 0.138 e. The van der Waals surface area contributed by atoms with Gasteiger partial charge in [0, 0.05) is 18.7 Å². The van der Waals surface area contributed by atoms with E-state index < -0.39 is 6.10 Å². The van der Waals surface area contributed by atoms with Crippen molar-refractivity contribution in [2.45, 2.75) is 46.3 Å². The Bertz CT molecular complexity index is 562. The van der Waals surface area contributed by atoms with Crippen molar-refractivity contribution in [2.75, 3.05) is 0 Å². The second-order valence-electron chi connectivity index (χ2n) is 5.15. The Morgan fingerprint density at radius 1 is 1.26 bits per heavy atom. The summed E-state index contributed by atoms with van der Waals surface area (Å²) in [7, 11) is 0. The average Bonchev–Trinajstić information content (AvgIpc) is 2.76. The minimum atomic E-state index is -0.651. The third kappa shape index (κ3) is 2.98. The molecule has 2 aromatic heterocycles. The van der Waals surface area contributed by atoms with Crippen LogP contribution in [0.3, 0.4) is 0 Å². The van der Waals surface area contributed by atoms with Crippen LogP contribution in [-0.2, 0) is 6.42 Å². The highest BCUT2D eigenvalue weighted by atomic mass is 16.3. The van der Waals surface area contributed by atoms with Crippen LogP contribution in [0.1, 0.15) is 48.6 Å². The zero-order valence-corrected chi connectivity index (χ0v) is 11.8. The third-order valence-corrected chi connectivity index (χ3v) is 3.08. The Balaban J connectivity index is 2.21. The van der Waals surface area contributed by atoms with Crippen molar-refractivity contribution >= 4 is 0 Å². The van der Waals surface area contributed by atoms with Gasteiger partial charge in [0.15, 0.2) is 0 Å². The molecule has 2 rings (SSSR count). The molecular weight excluding hydrogens is 240 g/mol. The van der Waals surface area contributed by atoms with Gasteiger partial charge in [-0.1, -0.05) is 6.07 Å². The number of rotatable bonds is 4. The van der Waals surface area contributed by atoms with Crippen molar-refractivity contribution in [3.05, 3.63) is 41.2 Å². The van der Waals surface area contributed by atoms with E-state index in [-0.39, 0.29) is 6.04 Å². The molecule has 19 heavy (non-hydrogen) atoms. The first-order valence-corrected chi connectivity index (χ1v) is 6.48. The summed E-state index contributed by atoms with van der Waals surface area (Å²) in [4.78, 5) is 8.54. The molecule has 0 saturated heterocycles. The first kappa shape index (κ1) is 13.7. The van der Waals surface area contributed by atoms with Gasteiger partial charge in [0.2, 0.25) is 0 Å². The Labute approximate surface area is 113 Å². The molecule has 2 heterocycles. The van der Waals surface area contributed by atoms with Gasteiger partial charge in [-0.15, -0.1) is 0 Å². The molecule has 1 N–H and O–H groups in total. The summed E-state index contributed by atoms with van der Waals surface area (Å²) in [5, 5.41) is 14.5. The molecule has 0 aromatic carbocycles.